The normalized spacial score (nSPS) is 9.17. The summed E-state index contributed by atoms with van der Waals surface area (Å²) in [6.07, 6.45) is -3.22. The lowest BCUT2D eigenvalue weighted by atomic mass is 10.6. The van der Waals surface area contributed by atoms with Gasteiger partial charge in [0.15, 0.2) is 12.2 Å². The van der Waals surface area contributed by atoms with Crippen molar-refractivity contribution < 1.29 is 19.8 Å². The molecule has 0 aromatic heterocycles. The van der Waals surface area contributed by atoms with E-state index in [0.717, 1.165) is 0 Å². The molecule has 0 spiro atoms. The van der Waals surface area contributed by atoms with Crippen LogP contribution in [0.2, 0.25) is 0 Å². The maximum atomic E-state index is 9.95. The van der Waals surface area contributed by atoms with Gasteiger partial charge in [0.1, 0.15) is 0 Å². The molecule has 0 rings (SSSR count). The first kappa shape index (κ1) is 10.5. The second kappa shape index (κ2) is 4.36. The van der Waals surface area contributed by atoms with Crippen molar-refractivity contribution in [1.82, 2.24) is 10.0 Å². The lowest BCUT2D eigenvalue weighted by Crippen LogP contribution is -2.53. The van der Waals surface area contributed by atoms with E-state index in [1.165, 1.54) is 0 Å². The van der Waals surface area contributed by atoms with Gasteiger partial charge in [-0.1, -0.05) is 0 Å². The Hall–Kier alpha value is -1.54. The summed E-state index contributed by atoms with van der Waals surface area (Å²) in [5, 5.41) is 20.5. The van der Waals surface area contributed by atoms with E-state index in [0.29, 0.717) is 10.0 Å². The standard InChI is InChI=1S/C4H10N4O4/c5-7(3(9)10)1-2-8(6)4(11)12/h1-2,5-6H2,(H,9,10)(H,11,12)/p-2. The first-order valence-corrected chi connectivity index (χ1v) is 2.91. The molecule has 0 aromatic carbocycles. The van der Waals surface area contributed by atoms with E-state index in [1.807, 2.05) is 0 Å². The maximum absolute atomic E-state index is 9.95. The third kappa shape index (κ3) is 3.58. The Morgan fingerprint density at radius 1 is 1.00 bits per heavy atom. The molecule has 0 aliphatic carbocycles. The molecule has 2 amide bonds. The number of hydrogen-bond acceptors (Lipinski definition) is 6. The molecule has 70 valence electrons. The van der Waals surface area contributed by atoms with Crippen LogP contribution in [-0.4, -0.2) is 35.3 Å². The number of carboxylic acid groups (broad SMARTS) is 2. The van der Waals surface area contributed by atoms with Crippen LogP contribution in [0.5, 0.6) is 0 Å². The number of amides is 2. The molecule has 0 aliphatic rings. The first-order chi connectivity index (χ1) is 5.45. The van der Waals surface area contributed by atoms with Gasteiger partial charge in [-0.15, -0.1) is 0 Å². The molecule has 0 bridgehead atoms. The summed E-state index contributed by atoms with van der Waals surface area (Å²) in [5.74, 6) is 9.68. The Labute approximate surface area is 67.9 Å². The van der Waals surface area contributed by atoms with Crippen LogP contribution in [0.25, 0.3) is 0 Å². The molecular weight excluding hydrogens is 168 g/mol. The molecule has 0 unspecified atom stereocenters. The molecule has 12 heavy (non-hydrogen) atoms. The smallest absolute Gasteiger partial charge is 0.151 e. The van der Waals surface area contributed by atoms with Gasteiger partial charge >= 0.3 is 0 Å². The van der Waals surface area contributed by atoms with Crippen molar-refractivity contribution in [2.45, 2.75) is 0 Å². The van der Waals surface area contributed by atoms with Crippen LogP contribution in [0.1, 0.15) is 0 Å². The summed E-state index contributed by atoms with van der Waals surface area (Å²) in [6, 6.07) is 0. The average Bonchev–Trinajstić information content (AvgIpc) is 1.98. The van der Waals surface area contributed by atoms with E-state index in [2.05, 4.69) is 0 Å². The van der Waals surface area contributed by atoms with Crippen LogP contribution < -0.4 is 21.9 Å². The highest BCUT2D eigenvalue weighted by atomic mass is 16.4. The third-order valence-electron chi connectivity index (χ3n) is 1.05. The quantitative estimate of drug-likeness (QED) is 0.255. The van der Waals surface area contributed by atoms with E-state index in [9.17, 15) is 19.8 Å². The summed E-state index contributed by atoms with van der Waals surface area (Å²) in [7, 11) is 0. The van der Waals surface area contributed by atoms with Gasteiger partial charge in [-0.2, -0.15) is 0 Å². The highest BCUT2D eigenvalue weighted by molar-refractivity contribution is 5.62. The zero-order chi connectivity index (χ0) is 9.72. The molecule has 8 nitrogen and oxygen atoms in total. The minimum absolute atomic E-state index is 0.271. The molecule has 0 atom stereocenters. The van der Waals surface area contributed by atoms with Gasteiger partial charge in [0.2, 0.25) is 0 Å². The SMILES string of the molecule is NN(CCN(N)C(=O)[O-])C(=O)[O-]. The Morgan fingerprint density at radius 3 is 1.42 bits per heavy atom. The molecule has 8 heteroatoms. The van der Waals surface area contributed by atoms with Crippen LogP contribution in [0.3, 0.4) is 0 Å². The van der Waals surface area contributed by atoms with Crippen molar-refractivity contribution >= 4 is 12.2 Å². The highest BCUT2D eigenvalue weighted by Crippen LogP contribution is 1.79. The number of rotatable bonds is 3. The predicted octanol–water partition coefficient (Wildman–Crippen LogP) is -3.98. The fourth-order valence-corrected chi connectivity index (χ4v) is 0.398. The second-order valence-electron chi connectivity index (χ2n) is 1.92. The van der Waals surface area contributed by atoms with Crippen LogP contribution in [-0.2, 0) is 0 Å². The van der Waals surface area contributed by atoms with Crippen molar-refractivity contribution in [3.63, 3.8) is 0 Å². The number of nitrogens with two attached hydrogens (primary N) is 2. The second-order valence-corrected chi connectivity index (χ2v) is 1.92. The van der Waals surface area contributed by atoms with Crippen LogP contribution in [0.15, 0.2) is 0 Å². The zero-order valence-electron chi connectivity index (χ0n) is 6.10. The monoisotopic (exact) mass is 176 g/mol. The summed E-state index contributed by atoms with van der Waals surface area (Å²) in [4.78, 5) is 19.9. The number of nitrogens with zero attached hydrogens (tertiary/aromatic N) is 2. The molecule has 0 radical (unpaired) electrons. The lowest BCUT2D eigenvalue weighted by Gasteiger charge is -2.23. The fourth-order valence-electron chi connectivity index (χ4n) is 0.398. The third-order valence-corrected chi connectivity index (χ3v) is 1.05. The maximum Gasteiger partial charge on any atom is 0.151 e. The molecule has 0 heterocycles. The van der Waals surface area contributed by atoms with Crippen molar-refractivity contribution in [3.8, 4) is 0 Å². The molecular formula is C4H8N4O4-2. The number of hydrogen-bond donors (Lipinski definition) is 2. The molecule has 4 N–H and O–H groups in total. The summed E-state index contributed by atoms with van der Waals surface area (Å²) in [5.41, 5.74) is 0. The Kier molecular flexibility index (Phi) is 3.80. The number of hydrazine groups is 2. The highest BCUT2D eigenvalue weighted by Gasteiger charge is 2.01. The van der Waals surface area contributed by atoms with Crippen molar-refractivity contribution in [1.29, 1.82) is 0 Å². The van der Waals surface area contributed by atoms with Gasteiger partial charge in [0.25, 0.3) is 0 Å². The Bertz CT molecular complexity index is 164. The van der Waals surface area contributed by atoms with Crippen molar-refractivity contribution in [2.24, 2.45) is 11.7 Å². The van der Waals surface area contributed by atoms with Crippen molar-refractivity contribution in [3.05, 3.63) is 0 Å². The minimum atomic E-state index is -1.61. The number of carbonyl (C=O) groups is 2. The number of carbonyl (C=O) groups excluding carboxylic acids is 2. The van der Waals surface area contributed by atoms with Gasteiger partial charge < -0.3 is 19.8 Å². The zero-order valence-corrected chi connectivity index (χ0v) is 6.10. The van der Waals surface area contributed by atoms with E-state index in [4.69, 9.17) is 11.7 Å². The van der Waals surface area contributed by atoms with Crippen LogP contribution in [0.4, 0.5) is 9.59 Å². The first-order valence-electron chi connectivity index (χ1n) is 2.91. The van der Waals surface area contributed by atoms with Crippen LogP contribution >= 0.6 is 0 Å². The van der Waals surface area contributed by atoms with Gasteiger partial charge in [0.05, 0.1) is 13.1 Å². The summed E-state index contributed by atoms with van der Waals surface area (Å²) < 4.78 is 0. The predicted molar refractivity (Wildman–Crippen MR) is 32.6 cm³/mol. The van der Waals surface area contributed by atoms with Crippen LogP contribution in [0, 0.1) is 0 Å². The largest absolute Gasteiger partial charge is 0.529 e. The summed E-state index contributed by atoms with van der Waals surface area (Å²) >= 11 is 0. The molecule has 0 aliphatic heterocycles. The molecule has 0 aromatic rings. The fraction of sp³-hybridized carbons (Fsp3) is 0.500. The Morgan fingerprint density at radius 2 is 1.25 bits per heavy atom. The van der Waals surface area contributed by atoms with Gasteiger partial charge in [-0.05, 0) is 0 Å². The van der Waals surface area contributed by atoms with E-state index in [-0.39, 0.29) is 13.1 Å². The molecule has 0 saturated carbocycles. The minimum Gasteiger partial charge on any atom is -0.529 e. The average molecular weight is 176 g/mol. The molecule has 0 saturated heterocycles. The van der Waals surface area contributed by atoms with Gasteiger partial charge in [0, 0.05) is 0 Å². The Balaban J connectivity index is 3.68. The van der Waals surface area contributed by atoms with E-state index in [1.54, 1.807) is 0 Å². The van der Waals surface area contributed by atoms with E-state index < -0.39 is 12.2 Å². The van der Waals surface area contributed by atoms with E-state index >= 15 is 0 Å². The van der Waals surface area contributed by atoms with Crippen molar-refractivity contribution in [2.75, 3.05) is 13.1 Å². The topological polar surface area (TPSA) is 139 Å². The van der Waals surface area contributed by atoms with Gasteiger partial charge in [-0.3, -0.25) is 10.0 Å². The van der Waals surface area contributed by atoms with Gasteiger partial charge in [-0.25, -0.2) is 11.7 Å². The molecule has 0 fully saturated rings. The lowest BCUT2D eigenvalue weighted by molar-refractivity contribution is -0.271. The summed E-state index contributed by atoms with van der Waals surface area (Å²) in [6.45, 7) is -0.542.